The van der Waals surface area contributed by atoms with Crippen molar-refractivity contribution in [1.82, 2.24) is 15.2 Å². The minimum atomic E-state index is -0.285. The van der Waals surface area contributed by atoms with E-state index in [0.29, 0.717) is 5.95 Å². The first-order valence-electron chi connectivity index (χ1n) is 6.75. The number of hydrogen-bond donors (Lipinski definition) is 2. The van der Waals surface area contributed by atoms with Gasteiger partial charge in [0.15, 0.2) is 6.61 Å². The van der Waals surface area contributed by atoms with Crippen LogP contribution in [0.25, 0.3) is 0 Å². The molecule has 0 fully saturated rings. The molecule has 0 aliphatic rings. The number of aryl methyl sites for hydroxylation is 1. The van der Waals surface area contributed by atoms with Gasteiger partial charge in [0, 0.05) is 0 Å². The van der Waals surface area contributed by atoms with Crippen LogP contribution in [-0.4, -0.2) is 27.7 Å². The number of nitrogens with zero attached hydrogens (tertiary/aromatic N) is 2. The molecule has 1 amide bonds. The Morgan fingerprint density at radius 2 is 2.14 bits per heavy atom. The highest BCUT2D eigenvalue weighted by Crippen LogP contribution is 2.32. The van der Waals surface area contributed by atoms with E-state index < -0.39 is 0 Å². The maximum Gasteiger partial charge on any atom is 0.264 e. The van der Waals surface area contributed by atoms with Crippen molar-refractivity contribution in [2.75, 3.05) is 11.9 Å². The zero-order valence-electron chi connectivity index (χ0n) is 12.7. The lowest BCUT2D eigenvalue weighted by molar-refractivity contribution is -0.118. The van der Waals surface area contributed by atoms with Gasteiger partial charge in [0.1, 0.15) is 12.1 Å². The fourth-order valence-electron chi connectivity index (χ4n) is 1.93. The highest BCUT2D eigenvalue weighted by molar-refractivity contribution is 5.90. The van der Waals surface area contributed by atoms with Gasteiger partial charge in [0.25, 0.3) is 5.91 Å². The number of hydrogen-bond acceptors (Lipinski definition) is 4. The Morgan fingerprint density at radius 1 is 1.38 bits per heavy atom. The second kappa shape index (κ2) is 5.95. The number of aromatic nitrogens is 3. The largest absolute Gasteiger partial charge is 0.483 e. The third-order valence-electron chi connectivity index (χ3n) is 2.97. The van der Waals surface area contributed by atoms with E-state index in [1.165, 1.54) is 11.9 Å². The first-order chi connectivity index (χ1) is 9.86. The van der Waals surface area contributed by atoms with Crippen molar-refractivity contribution in [3.05, 3.63) is 35.7 Å². The summed E-state index contributed by atoms with van der Waals surface area (Å²) >= 11 is 0. The maximum absolute atomic E-state index is 11.8. The number of ether oxygens (including phenoxy) is 1. The average molecular weight is 288 g/mol. The van der Waals surface area contributed by atoms with Crippen LogP contribution in [0.15, 0.2) is 24.5 Å². The maximum atomic E-state index is 11.8. The Bertz CT molecular complexity index is 615. The molecule has 6 heteroatoms. The van der Waals surface area contributed by atoms with Gasteiger partial charge in [-0.1, -0.05) is 38.5 Å². The Hall–Kier alpha value is -2.37. The Morgan fingerprint density at radius 3 is 2.76 bits per heavy atom. The molecule has 0 aliphatic heterocycles. The van der Waals surface area contributed by atoms with Crippen LogP contribution in [-0.2, 0) is 10.2 Å². The highest BCUT2D eigenvalue weighted by Gasteiger charge is 2.19. The van der Waals surface area contributed by atoms with Crippen molar-refractivity contribution >= 4 is 11.9 Å². The normalized spacial score (nSPS) is 11.2. The monoisotopic (exact) mass is 288 g/mol. The first-order valence-corrected chi connectivity index (χ1v) is 6.75. The van der Waals surface area contributed by atoms with Crippen LogP contribution in [0.4, 0.5) is 5.95 Å². The summed E-state index contributed by atoms with van der Waals surface area (Å²) in [7, 11) is 0. The number of nitrogens with one attached hydrogen (secondary N) is 2. The summed E-state index contributed by atoms with van der Waals surface area (Å²) in [4.78, 5) is 15.6. The molecule has 2 rings (SSSR count). The molecular formula is C15H20N4O2. The zero-order chi connectivity index (χ0) is 15.5. The predicted octanol–water partition coefficient (Wildman–Crippen LogP) is 2.43. The van der Waals surface area contributed by atoms with Crippen molar-refractivity contribution in [3.8, 4) is 5.75 Å². The summed E-state index contributed by atoms with van der Waals surface area (Å²) in [6, 6.07) is 5.96. The molecule has 112 valence electrons. The van der Waals surface area contributed by atoms with E-state index in [1.807, 2.05) is 19.1 Å². The fourth-order valence-corrected chi connectivity index (χ4v) is 1.93. The number of H-pyrrole nitrogens is 1. The minimum Gasteiger partial charge on any atom is -0.483 e. The Labute approximate surface area is 123 Å². The van der Waals surface area contributed by atoms with Crippen molar-refractivity contribution in [2.24, 2.45) is 0 Å². The lowest BCUT2D eigenvalue weighted by Crippen LogP contribution is -2.22. The van der Waals surface area contributed by atoms with Crippen LogP contribution in [0.1, 0.15) is 31.9 Å². The Kier molecular flexibility index (Phi) is 4.26. The minimum absolute atomic E-state index is 0.0528. The first kappa shape index (κ1) is 15.0. The van der Waals surface area contributed by atoms with Crippen LogP contribution >= 0.6 is 0 Å². The van der Waals surface area contributed by atoms with E-state index >= 15 is 0 Å². The van der Waals surface area contributed by atoms with Crippen LogP contribution in [0.2, 0.25) is 0 Å². The predicted molar refractivity (Wildman–Crippen MR) is 80.4 cm³/mol. The van der Waals surface area contributed by atoms with Gasteiger partial charge in [-0.25, -0.2) is 5.10 Å². The fraction of sp³-hybridized carbons (Fsp3) is 0.400. The van der Waals surface area contributed by atoms with E-state index in [9.17, 15) is 4.79 Å². The molecule has 1 heterocycles. The van der Waals surface area contributed by atoms with Crippen molar-refractivity contribution < 1.29 is 9.53 Å². The molecule has 21 heavy (non-hydrogen) atoms. The van der Waals surface area contributed by atoms with E-state index in [0.717, 1.165) is 11.3 Å². The Balaban J connectivity index is 2.04. The summed E-state index contributed by atoms with van der Waals surface area (Å²) < 4.78 is 5.66. The van der Waals surface area contributed by atoms with E-state index in [1.54, 1.807) is 0 Å². The quantitative estimate of drug-likeness (QED) is 0.905. The smallest absolute Gasteiger partial charge is 0.264 e. The summed E-state index contributed by atoms with van der Waals surface area (Å²) in [5.74, 6) is 0.747. The number of carbonyl (C=O) groups is 1. The molecular weight excluding hydrogens is 268 g/mol. The average Bonchev–Trinajstić information content (AvgIpc) is 2.89. The number of benzene rings is 1. The molecule has 0 atom stereocenters. The molecule has 1 aromatic carbocycles. The SMILES string of the molecule is Cc1ccc(OCC(=O)Nc2ncn[nH]2)c(C(C)(C)C)c1. The molecule has 2 N–H and O–H groups in total. The summed E-state index contributed by atoms with van der Waals surface area (Å²) in [5.41, 5.74) is 2.19. The van der Waals surface area contributed by atoms with Crippen LogP contribution < -0.4 is 10.1 Å². The van der Waals surface area contributed by atoms with Gasteiger partial charge >= 0.3 is 0 Å². The molecule has 0 spiro atoms. The number of aromatic amines is 1. The van der Waals surface area contributed by atoms with E-state index in [2.05, 4.69) is 47.3 Å². The number of anilines is 1. The third-order valence-corrected chi connectivity index (χ3v) is 2.97. The molecule has 0 bridgehead atoms. The van der Waals surface area contributed by atoms with Gasteiger partial charge < -0.3 is 4.74 Å². The molecule has 0 aliphatic carbocycles. The van der Waals surface area contributed by atoms with Gasteiger partial charge in [-0.3, -0.25) is 10.1 Å². The topological polar surface area (TPSA) is 79.9 Å². The summed E-state index contributed by atoms with van der Waals surface area (Å²) in [5, 5.41) is 8.79. The lowest BCUT2D eigenvalue weighted by atomic mass is 9.85. The lowest BCUT2D eigenvalue weighted by Gasteiger charge is -2.23. The van der Waals surface area contributed by atoms with E-state index in [-0.39, 0.29) is 17.9 Å². The number of amides is 1. The highest BCUT2D eigenvalue weighted by atomic mass is 16.5. The molecule has 0 saturated carbocycles. The molecule has 0 radical (unpaired) electrons. The molecule has 1 aromatic heterocycles. The third kappa shape index (κ3) is 4.05. The van der Waals surface area contributed by atoms with Crippen LogP contribution in [0.5, 0.6) is 5.75 Å². The van der Waals surface area contributed by atoms with Gasteiger partial charge in [-0.2, -0.15) is 10.1 Å². The van der Waals surface area contributed by atoms with Crippen LogP contribution in [0.3, 0.4) is 0 Å². The van der Waals surface area contributed by atoms with Crippen molar-refractivity contribution in [1.29, 1.82) is 0 Å². The van der Waals surface area contributed by atoms with Crippen molar-refractivity contribution in [3.63, 3.8) is 0 Å². The van der Waals surface area contributed by atoms with Gasteiger partial charge in [-0.05, 0) is 24.0 Å². The summed E-state index contributed by atoms with van der Waals surface area (Å²) in [6.45, 7) is 8.30. The van der Waals surface area contributed by atoms with Crippen molar-refractivity contribution in [2.45, 2.75) is 33.1 Å². The second-order valence-corrected chi connectivity index (χ2v) is 5.92. The number of carbonyl (C=O) groups excluding carboxylic acids is 1. The van der Waals surface area contributed by atoms with Gasteiger partial charge in [-0.15, -0.1) is 0 Å². The van der Waals surface area contributed by atoms with Gasteiger partial charge in [0.2, 0.25) is 5.95 Å². The van der Waals surface area contributed by atoms with Crippen LogP contribution in [0, 0.1) is 6.92 Å². The number of rotatable bonds is 4. The standard InChI is InChI=1S/C15H20N4O2/c1-10-5-6-12(11(7-10)15(2,3)4)21-8-13(20)18-14-16-9-17-19-14/h5-7,9H,8H2,1-4H3,(H2,16,17,18,19,20). The van der Waals surface area contributed by atoms with Gasteiger partial charge in [0.05, 0.1) is 0 Å². The molecule has 0 saturated heterocycles. The van der Waals surface area contributed by atoms with E-state index in [4.69, 9.17) is 4.74 Å². The second-order valence-electron chi connectivity index (χ2n) is 5.92. The summed E-state index contributed by atoms with van der Waals surface area (Å²) in [6.07, 6.45) is 1.33. The molecule has 2 aromatic rings. The molecule has 0 unspecified atom stereocenters. The zero-order valence-corrected chi connectivity index (χ0v) is 12.7. The molecule has 6 nitrogen and oxygen atoms in total.